The summed E-state index contributed by atoms with van der Waals surface area (Å²) in [6.45, 7) is 1.98. The Morgan fingerprint density at radius 2 is 2.33 bits per heavy atom. The van der Waals surface area contributed by atoms with Crippen LogP contribution in [-0.4, -0.2) is 36.3 Å². The van der Waals surface area contributed by atoms with Gasteiger partial charge in [0.15, 0.2) is 0 Å². The SMILES string of the molecule is C1CSCC2(C1)OCCNC2CC1CC1. The van der Waals surface area contributed by atoms with Crippen LogP contribution in [0.1, 0.15) is 32.1 Å². The largest absolute Gasteiger partial charge is 0.371 e. The van der Waals surface area contributed by atoms with Crippen molar-refractivity contribution in [2.75, 3.05) is 24.7 Å². The van der Waals surface area contributed by atoms with E-state index < -0.39 is 0 Å². The molecule has 2 saturated heterocycles. The third-order valence-electron chi connectivity index (χ3n) is 4.02. The van der Waals surface area contributed by atoms with Crippen LogP contribution in [0.4, 0.5) is 0 Å². The zero-order valence-corrected chi connectivity index (χ0v) is 10.2. The normalized spacial score (nSPS) is 42.0. The van der Waals surface area contributed by atoms with Gasteiger partial charge < -0.3 is 10.1 Å². The lowest BCUT2D eigenvalue weighted by molar-refractivity contribution is -0.0902. The van der Waals surface area contributed by atoms with E-state index in [1.165, 1.54) is 43.6 Å². The Bertz CT molecular complexity index is 215. The summed E-state index contributed by atoms with van der Waals surface area (Å²) in [5.41, 5.74) is 0.198. The highest BCUT2D eigenvalue weighted by Crippen LogP contribution is 2.41. The van der Waals surface area contributed by atoms with Gasteiger partial charge in [0.05, 0.1) is 12.2 Å². The minimum absolute atomic E-state index is 0.198. The van der Waals surface area contributed by atoms with E-state index in [0.29, 0.717) is 6.04 Å². The fraction of sp³-hybridized carbons (Fsp3) is 1.00. The highest BCUT2D eigenvalue weighted by molar-refractivity contribution is 7.99. The first-order chi connectivity index (χ1) is 7.39. The maximum atomic E-state index is 6.16. The number of morpholine rings is 1. The average molecular weight is 227 g/mol. The van der Waals surface area contributed by atoms with E-state index in [-0.39, 0.29) is 5.60 Å². The van der Waals surface area contributed by atoms with Crippen LogP contribution in [0.2, 0.25) is 0 Å². The molecule has 1 saturated carbocycles. The van der Waals surface area contributed by atoms with Crippen molar-refractivity contribution in [3.05, 3.63) is 0 Å². The number of nitrogens with one attached hydrogen (secondary N) is 1. The molecular weight excluding hydrogens is 206 g/mol. The predicted octanol–water partition coefficient (Wildman–Crippen LogP) is 2.04. The van der Waals surface area contributed by atoms with Crippen LogP contribution in [0.25, 0.3) is 0 Å². The third kappa shape index (κ3) is 2.20. The minimum atomic E-state index is 0.198. The van der Waals surface area contributed by atoms with Crippen LogP contribution in [0.3, 0.4) is 0 Å². The second kappa shape index (κ2) is 4.27. The fourth-order valence-corrected chi connectivity index (χ4v) is 4.21. The topological polar surface area (TPSA) is 21.3 Å². The predicted molar refractivity (Wildman–Crippen MR) is 64.4 cm³/mol. The van der Waals surface area contributed by atoms with Crippen molar-refractivity contribution in [1.29, 1.82) is 0 Å². The molecule has 0 radical (unpaired) electrons. The molecule has 0 aromatic rings. The molecule has 0 aromatic carbocycles. The molecule has 2 nitrogen and oxygen atoms in total. The number of rotatable bonds is 2. The van der Waals surface area contributed by atoms with Crippen LogP contribution in [0, 0.1) is 5.92 Å². The second-order valence-electron chi connectivity index (χ2n) is 5.26. The van der Waals surface area contributed by atoms with E-state index in [1.54, 1.807) is 0 Å². The van der Waals surface area contributed by atoms with Gasteiger partial charge in [-0.3, -0.25) is 0 Å². The highest BCUT2D eigenvalue weighted by Gasteiger charge is 2.44. The first-order valence-electron chi connectivity index (χ1n) is 6.34. The Hall–Kier alpha value is 0.270. The molecule has 1 spiro atoms. The molecule has 3 heteroatoms. The Morgan fingerprint density at radius 1 is 1.40 bits per heavy atom. The summed E-state index contributed by atoms with van der Waals surface area (Å²) in [6.07, 6.45) is 6.90. The van der Waals surface area contributed by atoms with Crippen LogP contribution < -0.4 is 5.32 Å². The smallest absolute Gasteiger partial charge is 0.0925 e. The van der Waals surface area contributed by atoms with Gasteiger partial charge in [0.25, 0.3) is 0 Å². The summed E-state index contributed by atoms with van der Waals surface area (Å²) in [4.78, 5) is 0. The molecule has 2 atom stereocenters. The first kappa shape index (κ1) is 10.4. The summed E-state index contributed by atoms with van der Waals surface area (Å²) in [6, 6.07) is 0.645. The molecular formula is C12H21NOS. The maximum Gasteiger partial charge on any atom is 0.0925 e. The maximum absolute atomic E-state index is 6.16. The third-order valence-corrected chi connectivity index (χ3v) is 5.29. The van der Waals surface area contributed by atoms with Crippen LogP contribution >= 0.6 is 11.8 Å². The Morgan fingerprint density at radius 3 is 3.07 bits per heavy atom. The van der Waals surface area contributed by atoms with Gasteiger partial charge in [-0.25, -0.2) is 0 Å². The van der Waals surface area contributed by atoms with Crippen LogP contribution in [0.5, 0.6) is 0 Å². The molecule has 1 N–H and O–H groups in total. The standard InChI is InChI=1S/C12H21NOS/c1-4-12(9-15-7-1)11(8-10-2-3-10)13-5-6-14-12/h10-11,13H,1-9H2. The van der Waals surface area contributed by atoms with E-state index in [1.807, 2.05) is 0 Å². The highest BCUT2D eigenvalue weighted by atomic mass is 32.2. The van der Waals surface area contributed by atoms with Crippen molar-refractivity contribution >= 4 is 11.8 Å². The molecule has 3 rings (SSSR count). The van der Waals surface area contributed by atoms with Crippen molar-refractivity contribution in [3.8, 4) is 0 Å². The molecule has 1 aliphatic carbocycles. The summed E-state index contributed by atoms with van der Waals surface area (Å²) in [5, 5.41) is 3.71. The lowest BCUT2D eigenvalue weighted by atomic mass is 9.86. The summed E-state index contributed by atoms with van der Waals surface area (Å²) < 4.78 is 6.16. The van der Waals surface area contributed by atoms with Crippen molar-refractivity contribution in [2.24, 2.45) is 5.92 Å². The van der Waals surface area contributed by atoms with Gasteiger partial charge in [0.1, 0.15) is 0 Å². The van der Waals surface area contributed by atoms with E-state index >= 15 is 0 Å². The molecule has 3 fully saturated rings. The lowest BCUT2D eigenvalue weighted by Gasteiger charge is -2.46. The Balaban J connectivity index is 1.69. The van der Waals surface area contributed by atoms with Crippen LogP contribution in [0.15, 0.2) is 0 Å². The van der Waals surface area contributed by atoms with Crippen molar-refractivity contribution in [2.45, 2.75) is 43.7 Å². The number of ether oxygens (including phenoxy) is 1. The zero-order chi connectivity index (χ0) is 10.1. The quantitative estimate of drug-likeness (QED) is 0.780. The lowest BCUT2D eigenvalue weighted by Crippen LogP contribution is -2.60. The Kier molecular flexibility index (Phi) is 2.97. The van der Waals surface area contributed by atoms with Gasteiger partial charge in [-0.15, -0.1) is 0 Å². The Labute approximate surface area is 96.5 Å². The molecule has 15 heavy (non-hydrogen) atoms. The van der Waals surface area contributed by atoms with Gasteiger partial charge in [-0.05, 0) is 30.9 Å². The number of hydrogen-bond acceptors (Lipinski definition) is 3. The zero-order valence-electron chi connectivity index (χ0n) is 9.34. The van der Waals surface area contributed by atoms with E-state index in [9.17, 15) is 0 Å². The van der Waals surface area contributed by atoms with Gasteiger partial charge in [0, 0.05) is 18.3 Å². The minimum Gasteiger partial charge on any atom is -0.371 e. The van der Waals surface area contributed by atoms with Gasteiger partial charge in [0.2, 0.25) is 0 Å². The molecule has 2 aliphatic heterocycles. The van der Waals surface area contributed by atoms with Crippen molar-refractivity contribution < 1.29 is 4.74 Å². The van der Waals surface area contributed by atoms with E-state index in [4.69, 9.17) is 4.74 Å². The van der Waals surface area contributed by atoms with Gasteiger partial charge in [-0.1, -0.05) is 12.8 Å². The molecule has 0 amide bonds. The van der Waals surface area contributed by atoms with Crippen molar-refractivity contribution in [3.63, 3.8) is 0 Å². The summed E-state index contributed by atoms with van der Waals surface area (Å²) in [5.74, 6) is 3.56. The monoisotopic (exact) mass is 227 g/mol. The van der Waals surface area contributed by atoms with E-state index in [2.05, 4.69) is 17.1 Å². The van der Waals surface area contributed by atoms with E-state index in [0.717, 1.165) is 19.1 Å². The van der Waals surface area contributed by atoms with Gasteiger partial charge >= 0.3 is 0 Å². The molecule has 2 unspecified atom stereocenters. The van der Waals surface area contributed by atoms with Crippen LogP contribution in [-0.2, 0) is 4.74 Å². The molecule has 86 valence electrons. The molecule has 0 bridgehead atoms. The number of hydrogen-bond donors (Lipinski definition) is 1. The summed E-state index contributed by atoms with van der Waals surface area (Å²) >= 11 is 2.09. The number of thioether (sulfide) groups is 1. The molecule has 3 aliphatic rings. The second-order valence-corrected chi connectivity index (χ2v) is 6.36. The average Bonchev–Trinajstić information content (AvgIpc) is 3.07. The summed E-state index contributed by atoms with van der Waals surface area (Å²) in [7, 11) is 0. The fourth-order valence-electron chi connectivity index (χ4n) is 2.94. The first-order valence-corrected chi connectivity index (χ1v) is 7.50. The van der Waals surface area contributed by atoms with Gasteiger partial charge in [-0.2, -0.15) is 11.8 Å². The molecule has 0 aromatic heterocycles. The van der Waals surface area contributed by atoms with Crippen molar-refractivity contribution in [1.82, 2.24) is 5.32 Å². The molecule has 2 heterocycles.